The first-order valence-electron chi connectivity index (χ1n) is 2.26. The lowest BCUT2D eigenvalue weighted by Gasteiger charge is -1.88. The average molecular weight is 129 g/mol. The van der Waals surface area contributed by atoms with Crippen molar-refractivity contribution in [2.75, 3.05) is 0 Å². The van der Waals surface area contributed by atoms with Crippen molar-refractivity contribution in [3.05, 3.63) is 22.4 Å². The molecule has 0 aliphatic carbocycles. The molecule has 2 N–H and O–H groups in total. The van der Waals surface area contributed by atoms with E-state index in [1.165, 1.54) is 0 Å². The van der Waals surface area contributed by atoms with Crippen molar-refractivity contribution in [1.29, 1.82) is 0 Å². The zero-order valence-corrected chi connectivity index (χ0v) is 5.15. The molecule has 1 aromatic heterocycles. The molecule has 0 aromatic carbocycles. The van der Waals surface area contributed by atoms with E-state index in [-0.39, 0.29) is 0 Å². The number of rotatable bonds is 2. The van der Waals surface area contributed by atoms with Gasteiger partial charge in [0.25, 0.3) is 0 Å². The molecule has 0 atom stereocenters. The van der Waals surface area contributed by atoms with E-state index < -0.39 is 0 Å². The maximum absolute atomic E-state index is 4.82. The summed E-state index contributed by atoms with van der Waals surface area (Å²) < 4.78 is 0. The summed E-state index contributed by atoms with van der Waals surface area (Å²) in [4.78, 5) is 4.39. The normalized spacial score (nSPS) is 9.62. The summed E-state index contributed by atoms with van der Waals surface area (Å²) in [6.45, 7) is 0.517. The van der Waals surface area contributed by atoms with Gasteiger partial charge in [0.2, 0.25) is 0 Å². The highest BCUT2D eigenvalue weighted by molar-refractivity contribution is 7.07. The zero-order valence-electron chi connectivity index (χ0n) is 4.33. The molecule has 0 saturated carbocycles. The molecule has 0 saturated heterocycles. The third kappa shape index (κ3) is 1.30. The fourth-order valence-electron chi connectivity index (χ4n) is 0.471. The van der Waals surface area contributed by atoms with Gasteiger partial charge < -0.3 is 0 Å². The molecule has 0 unspecified atom stereocenters. The van der Waals surface area contributed by atoms with Crippen LogP contribution in [-0.2, 0) is 11.4 Å². The molecule has 0 bridgehead atoms. The molecule has 0 spiro atoms. The van der Waals surface area contributed by atoms with E-state index in [0.29, 0.717) is 6.61 Å². The summed E-state index contributed by atoms with van der Waals surface area (Å²) >= 11 is 1.64. The topological polar surface area (TPSA) is 35.2 Å². The quantitative estimate of drug-likeness (QED) is 0.608. The summed E-state index contributed by atoms with van der Waals surface area (Å²) in [5.74, 6) is 4.82. The average Bonchev–Trinajstić information content (AvgIpc) is 2.19. The van der Waals surface area contributed by atoms with Crippen LogP contribution in [0.4, 0.5) is 0 Å². The van der Waals surface area contributed by atoms with Gasteiger partial charge in [-0.05, 0) is 22.4 Å². The van der Waals surface area contributed by atoms with Crippen LogP contribution in [-0.4, -0.2) is 0 Å². The Balaban J connectivity index is 2.50. The fraction of sp³-hybridized carbons (Fsp3) is 0.200. The van der Waals surface area contributed by atoms with E-state index in [2.05, 4.69) is 4.84 Å². The summed E-state index contributed by atoms with van der Waals surface area (Å²) in [6, 6.07) is 1.98. The minimum Gasteiger partial charge on any atom is -0.300 e. The monoisotopic (exact) mass is 129 g/mol. The molecule has 0 radical (unpaired) electrons. The summed E-state index contributed by atoms with van der Waals surface area (Å²) in [5, 5.41) is 4.00. The predicted octanol–water partition coefficient (Wildman–Crippen LogP) is 1.14. The van der Waals surface area contributed by atoms with E-state index in [1.807, 2.05) is 16.8 Å². The van der Waals surface area contributed by atoms with Gasteiger partial charge in [0.1, 0.15) is 0 Å². The van der Waals surface area contributed by atoms with E-state index >= 15 is 0 Å². The number of hydrogen-bond donors (Lipinski definition) is 1. The van der Waals surface area contributed by atoms with Crippen LogP contribution >= 0.6 is 11.3 Å². The van der Waals surface area contributed by atoms with Crippen molar-refractivity contribution < 1.29 is 4.84 Å². The molecule has 2 nitrogen and oxygen atoms in total. The number of thiophene rings is 1. The first-order valence-corrected chi connectivity index (χ1v) is 3.20. The Kier molecular flexibility index (Phi) is 2.02. The largest absolute Gasteiger partial charge is 0.300 e. The van der Waals surface area contributed by atoms with Gasteiger partial charge >= 0.3 is 0 Å². The Morgan fingerprint density at radius 1 is 1.75 bits per heavy atom. The van der Waals surface area contributed by atoms with Crippen molar-refractivity contribution in [3.63, 3.8) is 0 Å². The Hall–Kier alpha value is -0.380. The van der Waals surface area contributed by atoms with Crippen LogP contribution in [0, 0.1) is 0 Å². The molecule has 3 heteroatoms. The molecule has 1 heterocycles. The second kappa shape index (κ2) is 2.81. The molecule has 44 valence electrons. The zero-order chi connectivity index (χ0) is 5.82. The maximum Gasteiger partial charge on any atom is 0.0938 e. The molecular formula is C5H7NOS. The third-order valence-corrected chi connectivity index (χ3v) is 1.56. The van der Waals surface area contributed by atoms with Crippen LogP contribution in [0.3, 0.4) is 0 Å². The van der Waals surface area contributed by atoms with Crippen molar-refractivity contribution in [2.45, 2.75) is 6.61 Å². The Labute approximate surface area is 51.8 Å². The van der Waals surface area contributed by atoms with Crippen molar-refractivity contribution in [1.82, 2.24) is 0 Å². The van der Waals surface area contributed by atoms with Crippen LogP contribution in [0.5, 0.6) is 0 Å². The SMILES string of the molecule is NOCc1ccsc1. The second-order valence-electron chi connectivity index (χ2n) is 1.44. The van der Waals surface area contributed by atoms with Gasteiger partial charge in [0.05, 0.1) is 6.61 Å². The molecule has 0 aliphatic heterocycles. The third-order valence-electron chi connectivity index (χ3n) is 0.830. The Bertz CT molecular complexity index is 138. The van der Waals surface area contributed by atoms with E-state index in [9.17, 15) is 0 Å². The van der Waals surface area contributed by atoms with Gasteiger partial charge in [-0.2, -0.15) is 11.3 Å². The van der Waals surface area contributed by atoms with Gasteiger partial charge in [-0.15, -0.1) is 0 Å². The highest BCUT2D eigenvalue weighted by Gasteiger charge is 1.87. The molecule has 0 amide bonds. The van der Waals surface area contributed by atoms with Crippen LogP contribution in [0.25, 0.3) is 0 Å². The lowest BCUT2D eigenvalue weighted by Crippen LogP contribution is -1.96. The second-order valence-corrected chi connectivity index (χ2v) is 2.22. The first kappa shape index (κ1) is 5.75. The fourth-order valence-corrected chi connectivity index (χ4v) is 1.12. The highest BCUT2D eigenvalue weighted by Crippen LogP contribution is 2.05. The highest BCUT2D eigenvalue weighted by atomic mass is 32.1. The van der Waals surface area contributed by atoms with Crippen molar-refractivity contribution in [2.24, 2.45) is 5.90 Å². The van der Waals surface area contributed by atoms with Crippen LogP contribution < -0.4 is 5.90 Å². The lowest BCUT2D eigenvalue weighted by molar-refractivity contribution is 0.124. The number of nitrogens with two attached hydrogens (primary N) is 1. The molecule has 8 heavy (non-hydrogen) atoms. The summed E-state index contributed by atoms with van der Waals surface area (Å²) in [7, 11) is 0. The van der Waals surface area contributed by atoms with Gasteiger partial charge in [0.15, 0.2) is 0 Å². The predicted molar refractivity (Wildman–Crippen MR) is 33.3 cm³/mol. The Morgan fingerprint density at radius 2 is 2.62 bits per heavy atom. The first-order chi connectivity index (χ1) is 3.93. The molecule has 1 aromatic rings. The van der Waals surface area contributed by atoms with Gasteiger partial charge in [-0.1, -0.05) is 0 Å². The molecule has 0 fully saturated rings. The maximum atomic E-state index is 4.82. The minimum absolute atomic E-state index is 0.517. The minimum atomic E-state index is 0.517. The smallest absolute Gasteiger partial charge is 0.0938 e. The molecule has 0 aliphatic rings. The standard InChI is InChI=1S/C5H7NOS/c6-7-3-5-1-2-8-4-5/h1-2,4H,3,6H2. The summed E-state index contributed by atoms with van der Waals surface area (Å²) in [5.41, 5.74) is 1.14. The molecule has 1 rings (SSSR count). The van der Waals surface area contributed by atoms with E-state index in [0.717, 1.165) is 5.56 Å². The van der Waals surface area contributed by atoms with Gasteiger partial charge in [0, 0.05) is 0 Å². The van der Waals surface area contributed by atoms with Gasteiger partial charge in [-0.25, -0.2) is 5.90 Å². The van der Waals surface area contributed by atoms with Crippen LogP contribution in [0.1, 0.15) is 5.56 Å². The van der Waals surface area contributed by atoms with Gasteiger partial charge in [-0.3, -0.25) is 4.84 Å². The van der Waals surface area contributed by atoms with E-state index in [1.54, 1.807) is 11.3 Å². The number of hydrogen-bond acceptors (Lipinski definition) is 3. The van der Waals surface area contributed by atoms with Crippen molar-refractivity contribution in [3.8, 4) is 0 Å². The summed E-state index contributed by atoms with van der Waals surface area (Å²) in [6.07, 6.45) is 0. The lowest BCUT2D eigenvalue weighted by atomic mass is 10.4. The van der Waals surface area contributed by atoms with Crippen LogP contribution in [0.2, 0.25) is 0 Å². The van der Waals surface area contributed by atoms with E-state index in [4.69, 9.17) is 5.90 Å². The molecular weight excluding hydrogens is 122 g/mol. The van der Waals surface area contributed by atoms with Crippen LogP contribution in [0.15, 0.2) is 16.8 Å². The van der Waals surface area contributed by atoms with Crippen molar-refractivity contribution >= 4 is 11.3 Å². The Morgan fingerprint density at radius 3 is 3.12 bits per heavy atom.